The molecule has 0 spiro atoms. The molecule has 0 aliphatic heterocycles. The fraction of sp³-hybridized carbons (Fsp3) is 0.250. The minimum Gasteiger partial charge on any atom is -0.396 e. The van der Waals surface area contributed by atoms with E-state index < -0.39 is 11.7 Å². The molecule has 1 rings (SSSR count). The molecule has 0 heterocycles. The fourth-order valence-electron chi connectivity index (χ4n) is 1.18. The monoisotopic (exact) mass is 283 g/mol. The van der Waals surface area contributed by atoms with Crippen LogP contribution in [0.4, 0.5) is 24.5 Å². The van der Waals surface area contributed by atoms with Crippen molar-refractivity contribution in [3.63, 3.8) is 0 Å². The Morgan fingerprint density at radius 2 is 1.87 bits per heavy atom. The maximum absolute atomic E-state index is 12.6. The van der Waals surface area contributed by atoms with E-state index in [0.717, 1.165) is 5.01 Å². The van der Waals surface area contributed by atoms with Crippen LogP contribution < -0.4 is 16.6 Å². The van der Waals surface area contributed by atoms with Gasteiger partial charge in [-0.3, -0.25) is 0 Å². The van der Waals surface area contributed by atoms with Gasteiger partial charge >= 0.3 is 6.18 Å². The third-order valence-electron chi connectivity index (χ3n) is 1.84. The molecule has 0 aromatic heterocycles. The van der Waals surface area contributed by atoms with Crippen molar-refractivity contribution in [3.05, 3.63) is 22.2 Å². The lowest BCUT2D eigenvalue weighted by Crippen LogP contribution is -2.27. The highest BCUT2D eigenvalue weighted by Crippen LogP contribution is 2.42. The van der Waals surface area contributed by atoms with Crippen molar-refractivity contribution in [3.8, 4) is 0 Å². The van der Waals surface area contributed by atoms with Gasteiger partial charge in [0, 0.05) is 11.5 Å². The van der Waals surface area contributed by atoms with Crippen LogP contribution in [0.5, 0.6) is 0 Å². The number of nitrogens with zero attached hydrogens (tertiary/aromatic N) is 1. The zero-order chi connectivity index (χ0) is 11.8. The summed E-state index contributed by atoms with van der Waals surface area (Å²) in [6.45, 7) is 0. The van der Waals surface area contributed by atoms with Crippen molar-refractivity contribution in [2.45, 2.75) is 6.18 Å². The molecule has 0 unspecified atom stereocenters. The van der Waals surface area contributed by atoms with Gasteiger partial charge in [-0.05, 0) is 12.1 Å². The molecule has 0 aliphatic carbocycles. The molecule has 0 radical (unpaired) electrons. The normalized spacial score (nSPS) is 11.6. The van der Waals surface area contributed by atoms with Gasteiger partial charge in [-0.25, -0.2) is 5.84 Å². The molecule has 0 amide bonds. The van der Waals surface area contributed by atoms with Crippen LogP contribution in [0.25, 0.3) is 0 Å². The Balaban J connectivity index is 3.44. The zero-order valence-corrected chi connectivity index (χ0v) is 9.35. The second-order valence-electron chi connectivity index (χ2n) is 2.96. The molecule has 0 bridgehead atoms. The molecule has 0 saturated carbocycles. The summed E-state index contributed by atoms with van der Waals surface area (Å²) in [7, 11) is 1.42. The molecule has 1 aromatic rings. The van der Waals surface area contributed by atoms with Gasteiger partial charge in [-0.15, -0.1) is 0 Å². The van der Waals surface area contributed by atoms with Gasteiger partial charge in [-0.2, -0.15) is 13.2 Å². The first-order chi connectivity index (χ1) is 6.75. The largest absolute Gasteiger partial charge is 0.419 e. The van der Waals surface area contributed by atoms with Crippen molar-refractivity contribution >= 4 is 27.3 Å². The number of nitrogen functional groups attached to an aromatic ring is 1. The van der Waals surface area contributed by atoms with Crippen LogP contribution in [0.1, 0.15) is 5.56 Å². The Hall–Kier alpha value is -0.950. The summed E-state index contributed by atoms with van der Waals surface area (Å²) in [5, 5.41) is 1.04. The fourth-order valence-corrected chi connectivity index (χ4v) is 1.75. The van der Waals surface area contributed by atoms with Gasteiger partial charge in [0.25, 0.3) is 0 Å². The minimum atomic E-state index is -4.51. The number of hydrogen-bond donors (Lipinski definition) is 2. The van der Waals surface area contributed by atoms with Gasteiger partial charge in [-0.1, -0.05) is 15.9 Å². The number of rotatable bonds is 1. The van der Waals surface area contributed by atoms with Gasteiger partial charge in [0.2, 0.25) is 0 Å². The quantitative estimate of drug-likeness (QED) is 0.473. The van der Waals surface area contributed by atoms with Crippen LogP contribution in [0, 0.1) is 0 Å². The molecule has 84 valence electrons. The van der Waals surface area contributed by atoms with Gasteiger partial charge in [0.1, 0.15) is 0 Å². The summed E-state index contributed by atoms with van der Waals surface area (Å²) < 4.78 is 37.7. The van der Waals surface area contributed by atoms with E-state index in [1.807, 2.05) is 0 Å². The van der Waals surface area contributed by atoms with Crippen LogP contribution in [-0.2, 0) is 6.18 Å². The summed E-state index contributed by atoms with van der Waals surface area (Å²) in [4.78, 5) is 0. The minimum absolute atomic E-state index is 0.0990. The zero-order valence-electron chi connectivity index (χ0n) is 7.77. The number of alkyl halides is 3. The summed E-state index contributed by atoms with van der Waals surface area (Å²) in [6, 6.07) is 2.67. The summed E-state index contributed by atoms with van der Waals surface area (Å²) in [6.07, 6.45) is -4.51. The Bertz CT molecular complexity index is 376. The van der Waals surface area contributed by atoms with E-state index in [1.165, 1.54) is 19.2 Å². The first kappa shape index (κ1) is 12.1. The van der Waals surface area contributed by atoms with Crippen LogP contribution >= 0.6 is 15.9 Å². The van der Waals surface area contributed by atoms with Crippen molar-refractivity contribution in [2.75, 3.05) is 17.8 Å². The Labute approximate surface area is 92.9 Å². The number of halogens is 4. The average Bonchev–Trinajstić information content (AvgIpc) is 2.00. The maximum Gasteiger partial charge on any atom is 0.419 e. The highest BCUT2D eigenvalue weighted by atomic mass is 79.9. The van der Waals surface area contributed by atoms with E-state index in [-0.39, 0.29) is 15.8 Å². The van der Waals surface area contributed by atoms with Crippen LogP contribution in [0.3, 0.4) is 0 Å². The smallest absolute Gasteiger partial charge is 0.396 e. The van der Waals surface area contributed by atoms with Crippen LogP contribution in [0.2, 0.25) is 0 Å². The standard InChI is InChI=1S/C8H9BrF3N3/c1-15(14)5-3-2-4(9)6(7(5)13)8(10,11)12/h2-3H,13-14H2,1H3. The second-order valence-corrected chi connectivity index (χ2v) is 3.82. The molecule has 7 heteroatoms. The highest BCUT2D eigenvalue weighted by Gasteiger charge is 2.36. The molecule has 4 N–H and O–H groups in total. The van der Waals surface area contributed by atoms with Gasteiger partial charge < -0.3 is 10.7 Å². The lowest BCUT2D eigenvalue weighted by atomic mass is 10.1. The Kier molecular flexibility index (Phi) is 3.15. The molecule has 0 saturated heterocycles. The first-order valence-corrected chi connectivity index (χ1v) is 4.68. The molecule has 3 nitrogen and oxygen atoms in total. The molecular formula is C8H9BrF3N3. The van der Waals surface area contributed by atoms with Crippen molar-refractivity contribution in [1.29, 1.82) is 0 Å². The van der Waals surface area contributed by atoms with Crippen molar-refractivity contribution in [2.24, 2.45) is 5.84 Å². The number of anilines is 2. The molecule has 1 aromatic carbocycles. The van der Waals surface area contributed by atoms with Gasteiger partial charge in [0.15, 0.2) is 0 Å². The number of hydrazine groups is 1. The summed E-state index contributed by atoms with van der Waals surface area (Å²) >= 11 is 2.81. The molecule has 0 atom stereocenters. The Morgan fingerprint density at radius 3 is 2.27 bits per heavy atom. The molecule has 0 fully saturated rings. The molecule has 15 heavy (non-hydrogen) atoms. The summed E-state index contributed by atoms with van der Waals surface area (Å²) in [5.41, 5.74) is 4.24. The third-order valence-corrected chi connectivity index (χ3v) is 2.50. The number of nitrogens with two attached hydrogens (primary N) is 2. The third kappa shape index (κ3) is 2.35. The lowest BCUT2D eigenvalue weighted by molar-refractivity contribution is -0.137. The predicted octanol–water partition coefficient (Wildman–Crippen LogP) is 2.36. The molecule has 0 aliphatic rings. The number of hydrogen-bond acceptors (Lipinski definition) is 3. The highest BCUT2D eigenvalue weighted by molar-refractivity contribution is 9.10. The van der Waals surface area contributed by atoms with Crippen molar-refractivity contribution < 1.29 is 13.2 Å². The van der Waals surface area contributed by atoms with Gasteiger partial charge in [0.05, 0.1) is 16.9 Å². The van der Waals surface area contributed by atoms with E-state index in [2.05, 4.69) is 15.9 Å². The maximum atomic E-state index is 12.6. The number of benzene rings is 1. The predicted molar refractivity (Wildman–Crippen MR) is 56.1 cm³/mol. The first-order valence-electron chi connectivity index (χ1n) is 3.88. The van der Waals surface area contributed by atoms with E-state index in [0.29, 0.717) is 0 Å². The average molecular weight is 284 g/mol. The van der Waals surface area contributed by atoms with E-state index in [9.17, 15) is 13.2 Å². The lowest BCUT2D eigenvalue weighted by Gasteiger charge is -2.19. The summed E-state index contributed by atoms with van der Waals surface area (Å²) in [5.74, 6) is 5.35. The van der Waals surface area contributed by atoms with E-state index in [4.69, 9.17) is 11.6 Å². The molecular weight excluding hydrogens is 275 g/mol. The van der Waals surface area contributed by atoms with E-state index in [1.54, 1.807) is 0 Å². The SMILES string of the molecule is CN(N)c1ccc(Br)c(C(F)(F)F)c1N. The topological polar surface area (TPSA) is 55.3 Å². The Morgan fingerprint density at radius 1 is 1.33 bits per heavy atom. The van der Waals surface area contributed by atoms with Crippen LogP contribution in [0.15, 0.2) is 16.6 Å². The van der Waals surface area contributed by atoms with Crippen LogP contribution in [-0.4, -0.2) is 7.05 Å². The van der Waals surface area contributed by atoms with Crippen molar-refractivity contribution in [1.82, 2.24) is 0 Å². The van der Waals surface area contributed by atoms with E-state index >= 15 is 0 Å². The second kappa shape index (κ2) is 3.90.